The van der Waals surface area contributed by atoms with E-state index in [1.807, 2.05) is 0 Å². The summed E-state index contributed by atoms with van der Waals surface area (Å²) < 4.78 is 0. The van der Waals surface area contributed by atoms with Gasteiger partial charge in [0.15, 0.2) is 0 Å². The van der Waals surface area contributed by atoms with E-state index in [2.05, 4.69) is 39.6 Å². The zero-order valence-electron chi connectivity index (χ0n) is 11.3. The summed E-state index contributed by atoms with van der Waals surface area (Å²) in [6.07, 6.45) is 4.77. The Morgan fingerprint density at radius 2 is 1.73 bits per heavy atom. The van der Waals surface area contributed by atoms with Crippen LogP contribution in [0.4, 0.5) is 0 Å². The summed E-state index contributed by atoms with van der Waals surface area (Å²) in [6.45, 7) is 10.2. The normalized spacial score (nSPS) is 16.0. The van der Waals surface area contributed by atoms with Crippen LogP contribution in [0.15, 0.2) is 0 Å². The molecule has 0 aliphatic heterocycles. The summed E-state index contributed by atoms with van der Waals surface area (Å²) in [5.41, 5.74) is 6.01. The van der Waals surface area contributed by atoms with Crippen molar-refractivity contribution in [2.24, 2.45) is 11.7 Å². The van der Waals surface area contributed by atoms with Crippen LogP contribution in [0.25, 0.3) is 0 Å². The highest BCUT2D eigenvalue weighted by atomic mass is 15.1. The van der Waals surface area contributed by atoms with Gasteiger partial charge in [0.2, 0.25) is 0 Å². The summed E-state index contributed by atoms with van der Waals surface area (Å²) in [4.78, 5) is 2.44. The van der Waals surface area contributed by atoms with Gasteiger partial charge in [-0.2, -0.15) is 0 Å². The van der Waals surface area contributed by atoms with E-state index in [-0.39, 0.29) is 0 Å². The first-order valence-corrected chi connectivity index (χ1v) is 6.43. The molecule has 2 unspecified atom stereocenters. The third kappa shape index (κ3) is 7.80. The number of nitrogens with zero attached hydrogens (tertiary/aromatic N) is 1. The number of hydrogen-bond donors (Lipinski definition) is 1. The molecule has 2 heteroatoms. The molecular weight excluding hydrogens is 184 g/mol. The molecule has 0 aromatic carbocycles. The van der Waals surface area contributed by atoms with Crippen molar-refractivity contribution in [1.29, 1.82) is 0 Å². The van der Waals surface area contributed by atoms with Gasteiger partial charge in [-0.3, -0.25) is 0 Å². The highest BCUT2D eigenvalue weighted by Gasteiger charge is 2.11. The molecule has 15 heavy (non-hydrogen) atoms. The van der Waals surface area contributed by atoms with Gasteiger partial charge in [0.25, 0.3) is 0 Å². The molecule has 92 valence electrons. The summed E-state index contributed by atoms with van der Waals surface area (Å²) in [7, 11) is 2.21. The summed E-state index contributed by atoms with van der Waals surface area (Å²) in [5, 5.41) is 0. The molecule has 0 aliphatic carbocycles. The van der Waals surface area contributed by atoms with Crippen molar-refractivity contribution in [2.75, 3.05) is 13.6 Å². The van der Waals surface area contributed by atoms with Gasteiger partial charge < -0.3 is 10.6 Å². The van der Waals surface area contributed by atoms with E-state index in [0.717, 1.165) is 25.3 Å². The van der Waals surface area contributed by atoms with E-state index in [1.165, 1.54) is 12.8 Å². The van der Waals surface area contributed by atoms with Crippen molar-refractivity contribution >= 4 is 0 Å². The molecule has 0 radical (unpaired) electrons. The lowest BCUT2D eigenvalue weighted by atomic mass is 10.0. The van der Waals surface area contributed by atoms with Crippen LogP contribution in [-0.2, 0) is 0 Å². The Hall–Kier alpha value is -0.0800. The average Bonchev–Trinajstić information content (AvgIpc) is 2.13. The predicted molar refractivity (Wildman–Crippen MR) is 69.0 cm³/mol. The SMILES string of the molecule is CCCC(N)CCN(C)C(C)CC(C)C. The fraction of sp³-hybridized carbons (Fsp3) is 1.00. The molecule has 2 atom stereocenters. The summed E-state index contributed by atoms with van der Waals surface area (Å²) in [6, 6.07) is 1.07. The lowest BCUT2D eigenvalue weighted by molar-refractivity contribution is 0.220. The van der Waals surface area contributed by atoms with Gasteiger partial charge in [-0.15, -0.1) is 0 Å². The largest absolute Gasteiger partial charge is 0.328 e. The van der Waals surface area contributed by atoms with Crippen LogP contribution in [0.2, 0.25) is 0 Å². The molecule has 0 aliphatic rings. The molecule has 2 nitrogen and oxygen atoms in total. The van der Waals surface area contributed by atoms with Gasteiger partial charge in [-0.05, 0) is 45.7 Å². The third-order valence-electron chi connectivity index (χ3n) is 3.08. The van der Waals surface area contributed by atoms with Gasteiger partial charge in [0.1, 0.15) is 0 Å². The summed E-state index contributed by atoms with van der Waals surface area (Å²) in [5.74, 6) is 0.784. The van der Waals surface area contributed by atoms with Gasteiger partial charge in [0, 0.05) is 12.1 Å². The Bertz CT molecular complexity index is 145. The fourth-order valence-corrected chi connectivity index (χ4v) is 1.97. The number of hydrogen-bond acceptors (Lipinski definition) is 2. The second-order valence-corrected chi connectivity index (χ2v) is 5.30. The van der Waals surface area contributed by atoms with Crippen LogP contribution in [0.5, 0.6) is 0 Å². The van der Waals surface area contributed by atoms with Crippen molar-refractivity contribution in [3.8, 4) is 0 Å². The lowest BCUT2D eigenvalue weighted by Gasteiger charge is -2.27. The molecule has 2 N–H and O–H groups in total. The molecule has 0 saturated carbocycles. The van der Waals surface area contributed by atoms with E-state index in [9.17, 15) is 0 Å². The molecule has 0 bridgehead atoms. The molecular formula is C13H30N2. The lowest BCUT2D eigenvalue weighted by Crippen LogP contribution is -2.34. The van der Waals surface area contributed by atoms with Gasteiger partial charge in [0.05, 0.1) is 0 Å². The van der Waals surface area contributed by atoms with Crippen LogP contribution in [-0.4, -0.2) is 30.6 Å². The first-order valence-electron chi connectivity index (χ1n) is 6.43. The van der Waals surface area contributed by atoms with Crippen LogP contribution in [0.3, 0.4) is 0 Å². The van der Waals surface area contributed by atoms with Crippen molar-refractivity contribution in [1.82, 2.24) is 4.90 Å². The van der Waals surface area contributed by atoms with Crippen LogP contribution >= 0.6 is 0 Å². The Labute approximate surface area is 96.2 Å². The number of nitrogens with two attached hydrogens (primary N) is 1. The highest BCUT2D eigenvalue weighted by Crippen LogP contribution is 2.10. The Balaban J connectivity index is 3.67. The van der Waals surface area contributed by atoms with E-state index >= 15 is 0 Å². The zero-order chi connectivity index (χ0) is 11.8. The van der Waals surface area contributed by atoms with E-state index in [1.54, 1.807) is 0 Å². The van der Waals surface area contributed by atoms with E-state index < -0.39 is 0 Å². The van der Waals surface area contributed by atoms with E-state index in [4.69, 9.17) is 5.73 Å². The molecule has 0 saturated heterocycles. The van der Waals surface area contributed by atoms with Crippen LogP contribution in [0.1, 0.15) is 53.4 Å². The van der Waals surface area contributed by atoms with Crippen molar-refractivity contribution in [3.63, 3.8) is 0 Å². The molecule has 0 spiro atoms. The smallest absolute Gasteiger partial charge is 0.00663 e. The second-order valence-electron chi connectivity index (χ2n) is 5.30. The maximum Gasteiger partial charge on any atom is 0.00663 e. The molecule has 0 aromatic rings. The molecule has 0 amide bonds. The maximum atomic E-state index is 6.01. The minimum Gasteiger partial charge on any atom is -0.328 e. The highest BCUT2D eigenvalue weighted by molar-refractivity contribution is 4.68. The Kier molecular flexibility index (Phi) is 8.07. The van der Waals surface area contributed by atoms with Crippen molar-refractivity contribution in [3.05, 3.63) is 0 Å². The number of rotatable bonds is 8. The van der Waals surface area contributed by atoms with Crippen molar-refractivity contribution in [2.45, 2.75) is 65.5 Å². The van der Waals surface area contributed by atoms with Crippen LogP contribution < -0.4 is 5.73 Å². The minimum atomic E-state index is 0.392. The molecule has 0 aromatic heterocycles. The second kappa shape index (κ2) is 8.12. The zero-order valence-corrected chi connectivity index (χ0v) is 11.3. The first-order chi connectivity index (χ1) is 6.97. The molecule has 0 fully saturated rings. The average molecular weight is 214 g/mol. The fourth-order valence-electron chi connectivity index (χ4n) is 1.97. The Morgan fingerprint density at radius 3 is 2.20 bits per heavy atom. The van der Waals surface area contributed by atoms with Gasteiger partial charge in [-0.1, -0.05) is 27.2 Å². The quantitative estimate of drug-likeness (QED) is 0.673. The monoisotopic (exact) mass is 214 g/mol. The summed E-state index contributed by atoms with van der Waals surface area (Å²) >= 11 is 0. The predicted octanol–water partition coefficient (Wildman–Crippen LogP) is 2.87. The first kappa shape index (κ1) is 14.9. The molecule has 0 rings (SSSR count). The van der Waals surface area contributed by atoms with Crippen LogP contribution in [0, 0.1) is 5.92 Å². The maximum absolute atomic E-state index is 6.01. The van der Waals surface area contributed by atoms with E-state index in [0.29, 0.717) is 12.1 Å². The molecule has 0 heterocycles. The van der Waals surface area contributed by atoms with Gasteiger partial charge in [-0.25, -0.2) is 0 Å². The topological polar surface area (TPSA) is 29.3 Å². The van der Waals surface area contributed by atoms with Gasteiger partial charge >= 0.3 is 0 Å². The Morgan fingerprint density at radius 1 is 1.13 bits per heavy atom. The third-order valence-corrected chi connectivity index (χ3v) is 3.08. The standard InChI is InChI=1S/C13H30N2/c1-6-7-13(14)8-9-15(5)12(4)10-11(2)3/h11-13H,6-10,14H2,1-5H3. The minimum absolute atomic E-state index is 0.392. The van der Waals surface area contributed by atoms with Crippen molar-refractivity contribution < 1.29 is 0 Å².